The van der Waals surface area contributed by atoms with Crippen molar-refractivity contribution < 1.29 is 0 Å². The lowest BCUT2D eigenvalue weighted by Gasteiger charge is -1.81. The Kier molecular flexibility index (Phi) is 22.0. The SMILES string of the molecule is CC.CC.CC.CC.Cc1nc2ccccc2[nH]1. The molecular weight excluding hydrogens is 220 g/mol. The van der Waals surface area contributed by atoms with Crippen molar-refractivity contribution >= 4 is 11.0 Å². The third kappa shape index (κ3) is 8.80. The molecule has 0 amide bonds. The standard InChI is InChI=1S/C8H8N2.4C2H6/c1-6-9-7-4-2-3-5-8(7)10-6;4*1-2/h2-5H,1H3,(H,9,10);4*1-2H3. The Morgan fingerprint density at radius 2 is 1.22 bits per heavy atom. The monoisotopic (exact) mass is 252 g/mol. The average molecular weight is 252 g/mol. The molecule has 0 atom stereocenters. The molecule has 1 N–H and O–H groups in total. The molecule has 2 heteroatoms. The van der Waals surface area contributed by atoms with Crippen molar-refractivity contribution in [2.24, 2.45) is 0 Å². The molecule has 2 rings (SSSR count). The van der Waals surface area contributed by atoms with Gasteiger partial charge in [0.05, 0.1) is 11.0 Å². The Balaban J connectivity index is -0.000000244. The first-order valence-corrected chi connectivity index (χ1v) is 7.27. The van der Waals surface area contributed by atoms with Crippen LogP contribution in [0.5, 0.6) is 0 Å². The minimum atomic E-state index is 0.973. The summed E-state index contributed by atoms with van der Waals surface area (Å²) in [6, 6.07) is 8.01. The number of rotatable bonds is 0. The van der Waals surface area contributed by atoms with Gasteiger partial charge >= 0.3 is 0 Å². The van der Waals surface area contributed by atoms with Gasteiger partial charge in [0.25, 0.3) is 0 Å². The highest BCUT2D eigenvalue weighted by molar-refractivity contribution is 5.74. The first-order chi connectivity index (χ1) is 8.86. The summed E-state index contributed by atoms with van der Waals surface area (Å²) < 4.78 is 0. The molecule has 0 radical (unpaired) electrons. The van der Waals surface area contributed by atoms with Crippen LogP contribution in [-0.4, -0.2) is 9.97 Å². The largest absolute Gasteiger partial charge is 0.342 e. The third-order valence-corrected chi connectivity index (χ3v) is 1.51. The van der Waals surface area contributed by atoms with E-state index in [1.165, 1.54) is 0 Å². The van der Waals surface area contributed by atoms with E-state index in [2.05, 4.69) is 9.97 Å². The average Bonchev–Trinajstić information content (AvgIpc) is 2.87. The summed E-state index contributed by atoms with van der Waals surface area (Å²) in [5, 5.41) is 0. The van der Waals surface area contributed by atoms with Crippen LogP contribution >= 0.6 is 0 Å². The maximum absolute atomic E-state index is 4.26. The minimum Gasteiger partial charge on any atom is -0.342 e. The summed E-state index contributed by atoms with van der Waals surface area (Å²) in [7, 11) is 0. The number of nitrogens with one attached hydrogen (secondary N) is 1. The number of hydrogen-bond donors (Lipinski definition) is 1. The predicted molar refractivity (Wildman–Crippen MR) is 86.2 cm³/mol. The van der Waals surface area contributed by atoms with Gasteiger partial charge in [0.1, 0.15) is 5.82 Å². The maximum atomic E-state index is 4.26. The predicted octanol–water partition coefficient (Wildman–Crippen LogP) is 5.98. The molecule has 106 valence electrons. The van der Waals surface area contributed by atoms with Crippen LogP contribution in [0.2, 0.25) is 0 Å². The Hall–Kier alpha value is -1.31. The molecule has 0 aliphatic carbocycles. The van der Waals surface area contributed by atoms with Crippen molar-refractivity contribution in [2.45, 2.75) is 62.3 Å². The zero-order valence-electron chi connectivity index (χ0n) is 13.8. The number of aryl methyl sites for hydroxylation is 1. The van der Waals surface area contributed by atoms with Gasteiger partial charge in [0.15, 0.2) is 0 Å². The molecule has 1 aromatic carbocycles. The highest BCUT2D eigenvalue weighted by Crippen LogP contribution is 2.08. The van der Waals surface area contributed by atoms with Gasteiger partial charge in [0, 0.05) is 0 Å². The lowest BCUT2D eigenvalue weighted by atomic mass is 10.3. The molecule has 18 heavy (non-hydrogen) atoms. The summed E-state index contributed by atoms with van der Waals surface area (Å²) in [6.45, 7) is 18.0. The highest BCUT2D eigenvalue weighted by atomic mass is 14.9. The number of aromatic nitrogens is 2. The van der Waals surface area contributed by atoms with E-state index in [4.69, 9.17) is 0 Å². The number of fused-ring (bicyclic) bond motifs is 1. The van der Waals surface area contributed by atoms with Crippen molar-refractivity contribution in [3.8, 4) is 0 Å². The second-order valence-electron chi connectivity index (χ2n) is 2.34. The second-order valence-corrected chi connectivity index (χ2v) is 2.34. The maximum Gasteiger partial charge on any atom is 0.104 e. The quantitative estimate of drug-likeness (QED) is 0.614. The van der Waals surface area contributed by atoms with Crippen LogP contribution in [0.1, 0.15) is 61.2 Å². The van der Waals surface area contributed by atoms with Crippen LogP contribution in [0.4, 0.5) is 0 Å². The molecule has 0 saturated heterocycles. The van der Waals surface area contributed by atoms with Gasteiger partial charge in [-0.25, -0.2) is 4.98 Å². The zero-order valence-corrected chi connectivity index (χ0v) is 13.8. The molecule has 2 nitrogen and oxygen atoms in total. The van der Waals surface area contributed by atoms with E-state index < -0.39 is 0 Å². The molecule has 0 aliphatic heterocycles. The van der Waals surface area contributed by atoms with Crippen molar-refractivity contribution in [1.29, 1.82) is 0 Å². The Morgan fingerprint density at radius 3 is 1.67 bits per heavy atom. The minimum absolute atomic E-state index is 0.973. The van der Waals surface area contributed by atoms with Crippen LogP contribution in [0.15, 0.2) is 24.3 Å². The molecule has 0 bridgehead atoms. The molecule has 0 saturated carbocycles. The topological polar surface area (TPSA) is 28.7 Å². The molecule has 0 fully saturated rings. The lowest BCUT2D eigenvalue weighted by molar-refractivity contribution is 1.17. The number of benzene rings is 1. The Bertz CT molecular complexity index is 318. The normalized spacial score (nSPS) is 7.17. The summed E-state index contributed by atoms with van der Waals surface area (Å²) in [5.74, 6) is 0.973. The Morgan fingerprint density at radius 1 is 0.778 bits per heavy atom. The van der Waals surface area contributed by atoms with Crippen molar-refractivity contribution in [3.63, 3.8) is 0 Å². The number of hydrogen-bond acceptors (Lipinski definition) is 1. The van der Waals surface area contributed by atoms with E-state index in [0.717, 1.165) is 16.9 Å². The van der Waals surface area contributed by atoms with Gasteiger partial charge in [-0.1, -0.05) is 67.5 Å². The molecule has 1 heterocycles. The lowest BCUT2D eigenvalue weighted by Crippen LogP contribution is -1.68. The van der Waals surface area contributed by atoms with E-state index in [1.807, 2.05) is 86.6 Å². The third-order valence-electron chi connectivity index (χ3n) is 1.51. The van der Waals surface area contributed by atoms with E-state index in [0.29, 0.717) is 0 Å². The Labute approximate surface area is 114 Å². The second kappa shape index (κ2) is 18.1. The van der Waals surface area contributed by atoms with Gasteiger partial charge in [-0.3, -0.25) is 0 Å². The van der Waals surface area contributed by atoms with Crippen molar-refractivity contribution in [3.05, 3.63) is 30.1 Å². The summed E-state index contributed by atoms with van der Waals surface area (Å²) in [6.07, 6.45) is 0. The van der Waals surface area contributed by atoms with Crippen LogP contribution in [0.25, 0.3) is 11.0 Å². The van der Waals surface area contributed by atoms with Crippen LogP contribution < -0.4 is 0 Å². The molecular formula is C16H32N2. The number of H-pyrrole nitrogens is 1. The van der Waals surface area contributed by atoms with Gasteiger partial charge in [-0.05, 0) is 19.1 Å². The van der Waals surface area contributed by atoms with Gasteiger partial charge in [-0.2, -0.15) is 0 Å². The number of nitrogens with zero attached hydrogens (tertiary/aromatic N) is 1. The van der Waals surface area contributed by atoms with E-state index >= 15 is 0 Å². The number of para-hydroxylation sites is 2. The number of imidazole rings is 1. The first kappa shape index (κ1) is 21.9. The highest BCUT2D eigenvalue weighted by Gasteiger charge is 1.93. The molecule has 2 aromatic rings. The fourth-order valence-corrected chi connectivity index (χ4v) is 1.08. The fourth-order valence-electron chi connectivity index (χ4n) is 1.08. The van der Waals surface area contributed by atoms with E-state index in [1.54, 1.807) is 0 Å². The first-order valence-electron chi connectivity index (χ1n) is 7.27. The van der Waals surface area contributed by atoms with Gasteiger partial charge < -0.3 is 4.98 Å². The molecule has 0 spiro atoms. The summed E-state index contributed by atoms with van der Waals surface area (Å²) in [5.41, 5.74) is 2.15. The zero-order chi connectivity index (χ0) is 15.0. The van der Waals surface area contributed by atoms with Crippen molar-refractivity contribution in [1.82, 2.24) is 9.97 Å². The van der Waals surface area contributed by atoms with Crippen LogP contribution in [0, 0.1) is 6.92 Å². The van der Waals surface area contributed by atoms with Crippen LogP contribution in [0.3, 0.4) is 0 Å². The number of aromatic amines is 1. The molecule has 0 unspecified atom stereocenters. The molecule has 1 aromatic heterocycles. The van der Waals surface area contributed by atoms with E-state index in [-0.39, 0.29) is 0 Å². The fraction of sp³-hybridized carbons (Fsp3) is 0.562. The van der Waals surface area contributed by atoms with E-state index in [9.17, 15) is 0 Å². The van der Waals surface area contributed by atoms with Gasteiger partial charge in [-0.15, -0.1) is 0 Å². The summed E-state index contributed by atoms with van der Waals surface area (Å²) in [4.78, 5) is 7.40. The van der Waals surface area contributed by atoms with Gasteiger partial charge in [0.2, 0.25) is 0 Å². The smallest absolute Gasteiger partial charge is 0.104 e. The summed E-state index contributed by atoms with van der Waals surface area (Å²) >= 11 is 0. The van der Waals surface area contributed by atoms with Crippen molar-refractivity contribution in [2.75, 3.05) is 0 Å². The van der Waals surface area contributed by atoms with Crippen LogP contribution in [-0.2, 0) is 0 Å². The molecule has 0 aliphatic rings.